The molecule has 0 bridgehead atoms. The number of aliphatic imine (C=N–C) groups is 2. The highest BCUT2D eigenvalue weighted by atomic mass is 79.9. The highest BCUT2D eigenvalue weighted by molar-refractivity contribution is 9.13. The highest BCUT2D eigenvalue weighted by Crippen LogP contribution is 2.65. The summed E-state index contributed by atoms with van der Waals surface area (Å²) in [6.07, 6.45) is -1.21. The highest BCUT2D eigenvalue weighted by Gasteiger charge is 2.79. The molecule has 0 aromatic carbocycles. The fourth-order valence-corrected chi connectivity index (χ4v) is 8.19. The van der Waals surface area contributed by atoms with E-state index in [2.05, 4.69) is 52.5 Å². The maximum absolute atomic E-state index is 13.7. The Morgan fingerprint density at radius 1 is 1.26 bits per heavy atom. The van der Waals surface area contributed by atoms with Crippen molar-refractivity contribution in [3.63, 3.8) is 0 Å². The summed E-state index contributed by atoms with van der Waals surface area (Å²) in [5, 5.41) is 17.0. The zero-order chi connectivity index (χ0) is 22.0. The summed E-state index contributed by atoms with van der Waals surface area (Å²) in [6, 6.07) is -0.541. The summed E-state index contributed by atoms with van der Waals surface area (Å²) in [4.78, 5) is 27.4. The van der Waals surface area contributed by atoms with Crippen molar-refractivity contribution in [2.45, 2.75) is 28.8 Å². The first kappa shape index (κ1) is 20.1. The molecule has 1 aliphatic carbocycles. The zero-order valence-corrected chi connectivity index (χ0v) is 19.9. The van der Waals surface area contributed by atoms with E-state index < -0.39 is 34.8 Å². The van der Waals surface area contributed by atoms with Gasteiger partial charge in [0.1, 0.15) is 22.9 Å². The van der Waals surface area contributed by atoms with Gasteiger partial charge < -0.3 is 42.8 Å². The fraction of sp³-hybridized carbons (Fsp3) is 0.588. The Hall–Kier alpha value is -1.54. The summed E-state index contributed by atoms with van der Waals surface area (Å²) in [5.41, 5.74) is 17.3. The Balaban J connectivity index is 1.62. The van der Waals surface area contributed by atoms with E-state index in [1.54, 1.807) is 4.90 Å². The molecular formula is C17H20Br2ClN9O2. The molecule has 31 heavy (non-hydrogen) atoms. The van der Waals surface area contributed by atoms with Gasteiger partial charge in [-0.25, -0.2) is 9.98 Å². The predicted molar refractivity (Wildman–Crippen MR) is 120 cm³/mol. The molecule has 1 saturated heterocycles. The van der Waals surface area contributed by atoms with Crippen molar-refractivity contribution in [2.75, 3.05) is 13.1 Å². The molecule has 5 heterocycles. The Bertz CT molecular complexity index is 1090. The normalized spacial score (nSPS) is 44.4. The van der Waals surface area contributed by atoms with Crippen molar-refractivity contribution < 1.29 is 9.90 Å². The van der Waals surface area contributed by atoms with Gasteiger partial charge in [-0.2, -0.15) is 0 Å². The molecule has 1 saturated carbocycles. The number of aliphatic hydroxyl groups excluding tert-OH is 1. The first-order valence-corrected chi connectivity index (χ1v) is 11.8. The van der Waals surface area contributed by atoms with Crippen LogP contribution in [0, 0.1) is 17.8 Å². The number of amides is 1. The minimum Gasteiger partial charge on any atom is -0.370 e. The van der Waals surface area contributed by atoms with Gasteiger partial charge in [0, 0.05) is 18.0 Å². The summed E-state index contributed by atoms with van der Waals surface area (Å²) in [6.45, 7) is 0.662. The van der Waals surface area contributed by atoms with Crippen LogP contribution in [0.1, 0.15) is 22.1 Å². The third-order valence-electron chi connectivity index (χ3n) is 7.62. The van der Waals surface area contributed by atoms with Gasteiger partial charge in [-0.15, -0.1) is 11.6 Å². The molecule has 1 unspecified atom stereocenters. The maximum atomic E-state index is 13.7. The molecule has 8 atom stereocenters. The van der Waals surface area contributed by atoms with Gasteiger partial charge in [0.15, 0.2) is 18.1 Å². The molecule has 11 nitrogen and oxygen atoms in total. The van der Waals surface area contributed by atoms with Gasteiger partial charge in [-0.1, -0.05) is 0 Å². The van der Waals surface area contributed by atoms with Gasteiger partial charge in [0.25, 0.3) is 5.91 Å². The summed E-state index contributed by atoms with van der Waals surface area (Å²) in [7, 11) is 0. The topological polar surface area (TPSA) is 183 Å². The van der Waals surface area contributed by atoms with Gasteiger partial charge >= 0.3 is 0 Å². The number of aromatic nitrogens is 1. The summed E-state index contributed by atoms with van der Waals surface area (Å²) >= 11 is 14.0. The van der Waals surface area contributed by atoms with E-state index in [1.165, 1.54) is 0 Å². The van der Waals surface area contributed by atoms with Gasteiger partial charge in [-0.3, -0.25) is 4.79 Å². The van der Waals surface area contributed by atoms with Crippen LogP contribution in [0.5, 0.6) is 0 Å². The molecule has 4 aliphatic heterocycles. The number of hydrogen-bond donors (Lipinski definition) is 7. The first-order valence-electron chi connectivity index (χ1n) is 9.82. The molecule has 10 N–H and O–H groups in total. The molecule has 14 heteroatoms. The number of fused-ring (bicyclic) bond motifs is 4. The Morgan fingerprint density at radius 3 is 2.61 bits per heavy atom. The average Bonchev–Trinajstić information content (AvgIpc) is 3.43. The number of aliphatic hydroxyl groups is 1. The zero-order valence-electron chi connectivity index (χ0n) is 15.9. The molecule has 1 aromatic rings. The molecule has 166 valence electrons. The van der Waals surface area contributed by atoms with Crippen LogP contribution >= 0.6 is 43.5 Å². The fourth-order valence-electron chi connectivity index (χ4n) is 6.67. The van der Waals surface area contributed by atoms with E-state index in [-0.39, 0.29) is 36.2 Å². The van der Waals surface area contributed by atoms with E-state index in [0.717, 1.165) is 0 Å². The van der Waals surface area contributed by atoms with Gasteiger partial charge in [0.2, 0.25) is 0 Å². The van der Waals surface area contributed by atoms with Crippen LogP contribution in [0.4, 0.5) is 0 Å². The standard InChI is InChI=1S/C17H20Br2ClN9O2/c18-6-5-7(24-11(6)19)12(30)29-2-4-3(1-21)9(20)16(13(31)26-15(23)27-16)8(4)17(29)10(5)25-14(22)28-17/h3-4,8-10,13,24,31H,1-2,21H2,(H3,22,25,28)(H3,23,26,27)/t3?,4-,8-,9+,10-,13-,16-,17+/m1/s1. The third-order valence-corrected chi connectivity index (χ3v) is 10.3. The third kappa shape index (κ3) is 2.06. The second-order valence-corrected chi connectivity index (χ2v) is 10.8. The number of guanidine groups is 2. The molecule has 1 aromatic heterocycles. The van der Waals surface area contributed by atoms with Crippen LogP contribution in [0.15, 0.2) is 19.1 Å². The summed E-state index contributed by atoms with van der Waals surface area (Å²) < 4.78 is 1.34. The van der Waals surface area contributed by atoms with Crippen molar-refractivity contribution in [2.24, 2.45) is 44.9 Å². The molecular weight excluding hydrogens is 558 g/mol. The number of carbonyl (C=O) groups excluding carboxylic acids is 1. The number of halogens is 3. The number of alkyl halides is 1. The lowest BCUT2D eigenvalue weighted by atomic mass is 9.70. The number of rotatable bonds is 1. The van der Waals surface area contributed by atoms with Crippen molar-refractivity contribution in [3.8, 4) is 0 Å². The second kappa shape index (κ2) is 6.07. The molecule has 6 rings (SSSR count). The monoisotopic (exact) mass is 575 g/mol. The Kier molecular flexibility index (Phi) is 3.93. The van der Waals surface area contributed by atoms with E-state index >= 15 is 0 Å². The average molecular weight is 578 g/mol. The smallest absolute Gasteiger partial charge is 0.272 e. The Labute approximate surface area is 198 Å². The quantitative estimate of drug-likeness (QED) is 0.210. The largest absolute Gasteiger partial charge is 0.370 e. The minimum atomic E-state index is -1.21. The van der Waals surface area contributed by atoms with Gasteiger partial charge in [-0.05, 0) is 50.2 Å². The predicted octanol–water partition coefficient (Wildman–Crippen LogP) is -0.932. The molecule has 2 spiro atoms. The molecule has 5 aliphatic rings. The lowest BCUT2D eigenvalue weighted by Gasteiger charge is -2.51. The molecule has 2 fully saturated rings. The van der Waals surface area contributed by atoms with Crippen LogP contribution in [0.3, 0.4) is 0 Å². The number of H-pyrrole nitrogens is 1. The number of hydrogen-bond acceptors (Lipinski definition) is 9. The van der Waals surface area contributed by atoms with Crippen molar-refractivity contribution in [1.29, 1.82) is 0 Å². The van der Waals surface area contributed by atoms with E-state index in [0.29, 0.717) is 26.9 Å². The number of nitrogens with one attached hydrogen (secondary N) is 3. The molecule has 0 radical (unpaired) electrons. The van der Waals surface area contributed by atoms with Crippen molar-refractivity contribution in [3.05, 3.63) is 20.3 Å². The Morgan fingerprint density at radius 2 is 1.97 bits per heavy atom. The van der Waals surface area contributed by atoms with E-state index in [4.69, 9.17) is 33.8 Å². The number of nitrogens with zero attached hydrogens (tertiary/aromatic N) is 3. The van der Waals surface area contributed by atoms with Crippen molar-refractivity contribution >= 4 is 61.3 Å². The number of carbonyl (C=O) groups is 1. The lowest BCUT2D eigenvalue weighted by molar-refractivity contribution is -0.0124. The van der Waals surface area contributed by atoms with Crippen LogP contribution < -0.4 is 27.8 Å². The number of nitrogens with two attached hydrogens (primary N) is 3. The van der Waals surface area contributed by atoms with Crippen molar-refractivity contribution in [1.82, 2.24) is 20.5 Å². The minimum absolute atomic E-state index is 0.0984. The summed E-state index contributed by atoms with van der Waals surface area (Å²) in [5.74, 6) is -0.644. The van der Waals surface area contributed by atoms with E-state index in [9.17, 15) is 9.90 Å². The van der Waals surface area contributed by atoms with Gasteiger partial charge in [0.05, 0.1) is 14.5 Å². The van der Waals surface area contributed by atoms with Crippen LogP contribution in [0.2, 0.25) is 0 Å². The molecule has 1 amide bonds. The van der Waals surface area contributed by atoms with Crippen LogP contribution in [-0.4, -0.2) is 68.7 Å². The first-order chi connectivity index (χ1) is 14.7. The van der Waals surface area contributed by atoms with Crippen LogP contribution in [-0.2, 0) is 0 Å². The SMILES string of the molecule is NCC1[C@H]2CN3C(=O)c4[nH]c(Br)c(Br)c4[C@H]4N=C(N)N[C@]43[C@H]2[C@@]2(NC(N)=N[C@@H]2O)[C@H]1Cl. The van der Waals surface area contributed by atoms with E-state index in [1.807, 2.05) is 0 Å². The maximum Gasteiger partial charge on any atom is 0.272 e. The number of aromatic amines is 1. The second-order valence-electron chi connectivity index (χ2n) is 8.71. The lowest BCUT2D eigenvalue weighted by Crippen LogP contribution is -2.73. The van der Waals surface area contributed by atoms with Crippen LogP contribution in [0.25, 0.3) is 0 Å².